The minimum atomic E-state index is -0.338. The van der Waals surface area contributed by atoms with E-state index >= 15 is 0 Å². The van der Waals surface area contributed by atoms with Crippen LogP contribution in [0.4, 0.5) is 5.69 Å². The summed E-state index contributed by atoms with van der Waals surface area (Å²) in [5, 5.41) is 13.4. The Morgan fingerprint density at radius 2 is 1.72 bits per heavy atom. The molecular weight excluding hydrogens is 222 g/mol. The summed E-state index contributed by atoms with van der Waals surface area (Å²) >= 11 is 0. The third-order valence-electron chi connectivity index (χ3n) is 3.81. The molecule has 0 bridgehead atoms. The third kappa shape index (κ3) is 1.79. The fourth-order valence-corrected chi connectivity index (χ4v) is 2.71. The number of hydrogen-bond acceptors (Lipinski definition) is 2. The molecule has 0 aromatic heterocycles. The lowest BCUT2D eigenvalue weighted by molar-refractivity contribution is 0.200. The molecule has 92 valence electrons. The summed E-state index contributed by atoms with van der Waals surface area (Å²) in [4.78, 5) is 0. The quantitative estimate of drug-likeness (QED) is 0.844. The smallest absolute Gasteiger partial charge is 0.0859 e. The van der Waals surface area contributed by atoms with Gasteiger partial charge in [-0.3, -0.25) is 0 Å². The number of para-hydroxylation sites is 1. The molecule has 2 aromatic rings. The van der Waals surface area contributed by atoms with Crippen molar-refractivity contribution in [2.24, 2.45) is 0 Å². The average molecular weight is 239 g/mol. The number of fused-ring (bicyclic) bond motifs is 1. The van der Waals surface area contributed by atoms with E-state index in [9.17, 15) is 5.11 Å². The molecule has 0 saturated heterocycles. The summed E-state index contributed by atoms with van der Waals surface area (Å²) in [5.74, 6) is 0. The van der Waals surface area contributed by atoms with E-state index in [1.165, 1.54) is 5.56 Å². The summed E-state index contributed by atoms with van der Waals surface area (Å²) in [5.41, 5.74) is 3.29. The Bertz CT molecular complexity index is 538. The van der Waals surface area contributed by atoms with Gasteiger partial charge in [0.2, 0.25) is 0 Å². The van der Waals surface area contributed by atoms with E-state index < -0.39 is 0 Å². The number of aliphatic hydroxyl groups is 1. The number of hydrogen-bond donors (Lipinski definition) is 2. The van der Waals surface area contributed by atoms with Crippen molar-refractivity contribution in [1.29, 1.82) is 0 Å². The van der Waals surface area contributed by atoms with E-state index in [-0.39, 0.29) is 12.1 Å². The molecule has 2 aromatic carbocycles. The SMILES string of the molecule is OCC1(c2ccccc2)CCc2ccccc2N1. The molecule has 0 amide bonds. The van der Waals surface area contributed by atoms with E-state index in [1.807, 2.05) is 24.3 Å². The Balaban J connectivity index is 2.01. The van der Waals surface area contributed by atoms with Crippen molar-refractivity contribution in [3.05, 3.63) is 65.7 Å². The Morgan fingerprint density at radius 3 is 2.50 bits per heavy atom. The van der Waals surface area contributed by atoms with Crippen molar-refractivity contribution in [3.8, 4) is 0 Å². The topological polar surface area (TPSA) is 32.3 Å². The lowest BCUT2D eigenvalue weighted by atomic mass is 9.81. The summed E-state index contributed by atoms with van der Waals surface area (Å²) in [6.07, 6.45) is 1.92. The van der Waals surface area contributed by atoms with Gasteiger partial charge in [-0.15, -0.1) is 0 Å². The van der Waals surface area contributed by atoms with Gasteiger partial charge in [0.15, 0.2) is 0 Å². The van der Waals surface area contributed by atoms with Crippen LogP contribution in [0.2, 0.25) is 0 Å². The maximum atomic E-state index is 9.86. The molecule has 0 spiro atoms. The molecule has 1 aliphatic rings. The number of benzene rings is 2. The van der Waals surface area contributed by atoms with Gasteiger partial charge in [0, 0.05) is 5.69 Å². The van der Waals surface area contributed by atoms with Crippen molar-refractivity contribution < 1.29 is 5.11 Å². The van der Waals surface area contributed by atoms with Crippen LogP contribution >= 0.6 is 0 Å². The fraction of sp³-hybridized carbons (Fsp3) is 0.250. The molecule has 18 heavy (non-hydrogen) atoms. The van der Waals surface area contributed by atoms with Crippen LogP contribution in [0.15, 0.2) is 54.6 Å². The largest absolute Gasteiger partial charge is 0.394 e. The highest BCUT2D eigenvalue weighted by atomic mass is 16.3. The monoisotopic (exact) mass is 239 g/mol. The second-order valence-corrected chi connectivity index (χ2v) is 4.89. The van der Waals surface area contributed by atoms with Crippen LogP contribution in [0.25, 0.3) is 0 Å². The van der Waals surface area contributed by atoms with Gasteiger partial charge in [0.25, 0.3) is 0 Å². The van der Waals surface area contributed by atoms with Gasteiger partial charge in [-0.2, -0.15) is 0 Å². The van der Waals surface area contributed by atoms with E-state index in [0.717, 1.165) is 24.1 Å². The Hall–Kier alpha value is -1.80. The van der Waals surface area contributed by atoms with Gasteiger partial charge >= 0.3 is 0 Å². The second-order valence-electron chi connectivity index (χ2n) is 4.89. The Kier molecular flexibility index (Phi) is 2.80. The van der Waals surface area contributed by atoms with Gasteiger partial charge in [0.05, 0.1) is 12.1 Å². The molecule has 0 radical (unpaired) electrons. The number of aliphatic hydroxyl groups excluding tert-OH is 1. The van der Waals surface area contributed by atoms with E-state index in [4.69, 9.17) is 0 Å². The van der Waals surface area contributed by atoms with Crippen LogP contribution in [0.1, 0.15) is 17.5 Å². The molecule has 3 rings (SSSR count). The lowest BCUT2D eigenvalue weighted by Crippen LogP contribution is -2.42. The van der Waals surface area contributed by atoms with Crippen LogP contribution in [0, 0.1) is 0 Å². The number of anilines is 1. The van der Waals surface area contributed by atoms with Crippen LogP contribution in [0.5, 0.6) is 0 Å². The first-order valence-electron chi connectivity index (χ1n) is 6.36. The maximum absolute atomic E-state index is 9.86. The first kappa shape index (κ1) is 11.3. The minimum Gasteiger partial charge on any atom is -0.394 e. The number of rotatable bonds is 2. The molecule has 1 atom stereocenters. The zero-order valence-electron chi connectivity index (χ0n) is 10.3. The summed E-state index contributed by atoms with van der Waals surface area (Å²) in [7, 11) is 0. The van der Waals surface area contributed by atoms with E-state index in [2.05, 4.69) is 35.6 Å². The van der Waals surface area contributed by atoms with Gasteiger partial charge in [-0.1, -0.05) is 48.5 Å². The van der Waals surface area contributed by atoms with Crippen molar-refractivity contribution >= 4 is 5.69 Å². The predicted octanol–water partition coefficient (Wildman–Crippen LogP) is 2.93. The zero-order valence-corrected chi connectivity index (χ0v) is 10.3. The molecule has 1 unspecified atom stereocenters. The summed E-state index contributed by atoms with van der Waals surface area (Å²) in [6, 6.07) is 18.5. The second kappa shape index (κ2) is 4.46. The van der Waals surface area contributed by atoms with Crippen molar-refractivity contribution in [2.45, 2.75) is 18.4 Å². The summed E-state index contributed by atoms with van der Waals surface area (Å²) in [6.45, 7) is 0.116. The highest BCUT2D eigenvalue weighted by Gasteiger charge is 2.34. The predicted molar refractivity (Wildman–Crippen MR) is 73.6 cm³/mol. The summed E-state index contributed by atoms with van der Waals surface area (Å²) < 4.78 is 0. The van der Waals surface area contributed by atoms with Crippen molar-refractivity contribution in [3.63, 3.8) is 0 Å². The minimum absolute atomic E-state index is 0.116. The standard InChI is InChI=1S/C16H17NO/c18-12-16(14-7-2-1-3-8-14)11-10-13-6-4-5-9-15(13)17-16/h1-9,17-18H,10-12H2. The molecule has 1 aliphatic heterocycles. The van der Waals surface area contributed by atoms with E-state index in [1.54, 1.807) is 0 Å². The Morgan fingerprint density at radius 1 is 1.00 bits per heavy atom. The fourth-order valence-electron chi connectivity index (χ4n) is 2.71. The third-order valence-corrected chi connectivity index (χ3v) is 3.81. The number of aryl methyl sites for hydroxylation is 1. The average Bonchev–Trinajstić information content (AvgIpc) is 2.47. The first-order valence-corrected chi connectivity index (χ1v) is 6.36. The highest BCUT2D eigenvalue weighted by molar-refractivity contribution is 5.57. The number of nitrogens with one attached hydrogen (secondary N) is 1. The molecule has 0 aliphatic carbocycles. The first-order chi connectivity index (χ1) is 8.84. The molecule has 1 heterocycles. The van der Waals surface area contributed by atoms with Crippen molar-refractivity contribution in [2.75, 3.05) is 11.9 Å². The van der Waals surface area contributed by atoms with Crippen LogP contribution in [0.3, 0.4) is 0 Å². The maximum Gasteiger partial charge on any atom is 0.0859 e. The lowest BCUT2D eigenvalue weighted by Gasteiger charge is -2.39. The molecule has 2 nitrogen and oxygen atoms in total. The van der Waals surface area contributed by atoms with Crippen molar-refractivity contribution in [1.82, 2.24) is 0 Å². The molecule has 2 N–H and O–H groups in total. The van der Waals surface area contributed by atoms with Gasteiger partial charge in [-0.05, 0) is 30.0 Å². The molecular formula is C16H17NO. The molecule has 0 fully saturated rings. The Labute approximate surface area is 107 Å². The highest BCUT2D eigenvalue weighted by Crippen LogP contribution is 2.37. The normalized spacial score (nSPS) is 22.1. The van der Waals surface area contributed by atoms with E-state index in [0.29, 0.717) is 0 Å². The molecule has 2 heteroatoms. The van der Waals surface area contributed by atoms with Crippen LogP contribution < -0.4 is 5.32 Å². The molecule has 0 saturated carbocycles. The van der Waals surface area contributed by atoms with Crippen LogP contribution in [-0.2, 0) is 12.0 Å². The van der Waals surface area contributed by atoms with Gasteiger partial charge < -0.3 is 10.4 Å². The van der Waals surface area contributed by atoms with Gasteiger partial charge in [0.1, 0.15) is 0 Å². The van der Waals surface area contributed by atoms with Gasteiger partial charge in [-0.25, -0.2) is 0 Å². The van der Waals surface area contributed by atoms with Crippen LogP contribution in [-0.4, -0.2) is 11.7 Å². The zero-order chi connectivity index (χ0) is 12.4.